The van der Waals surface area contributed by atoms with Crippen molar-refractivity contribution in [3.8, 4) is 6.07 Å². The molecular formula is C39H65N7O9. The highest BCUT2D eigenvalue weighted by atomic mass is 16.6. The van der Waals surface area contributed by atoms with Crippen LogP contribution in [0, 0.1) is 34.5 Å². The minimum atomic E-state index is -1.67. The SMILES string of the molecule is CCCCCCN(Cc1cn(CCOCCOCCOC23CC4CC(C2)CC([C@H](N)C(=O)N2[C@H](C#N)C[C@@H]5C[C@@H]52)(C4)C3)nn1)C[C@H](O)[C@@H](O)[C@H](O)[C@H](O)CO. The number of nitrogens with two attached hydrogens (primary N) is 1. The molecule has 7 N–H and O–H groups in total. The van der Waals surface area contributed by atoms with Crippen LogP contribution in [0.15, 0.2) is 6.20 Å². The van der Waals surface area contributed by atoms with Crippen molar-refractivity contribution >= 4 is 5.91 Å². The molecule has 5 saturated carbocycles. The third-order valence-electron chi connectivity index (χ3n) is 13.0. The molecule has 10 atom stereocenters. The van der Waals surface area contributed by atoms with Crippen molar-refractivity contribution in [3.05, 3.63) is 11.9 Å². The summed E-state index contributed by atoms with van der Waals surface area (Å²) >= 11 is 0. The average Bonchev–Trinajstić information content (AvgIpc) is 3.61. The highest BCUT2D eigenvalue weighted by Crippen LogP contribution is 2.64. The molecule has 16 heteroatoms. The van der Waals surface area contributed by atoms with Crippen molar-refractivity contribution in [2.45, 2.75) is 145 Å². The van der Waals surface area contributed by atoms with Crippen LogP contribution in [0.3, 0.4) is 0 Å². The predicted molar refractivity (Wildman–Crippen MR) is 199 cm³/mol. The van der Waals surface area contributed by atoms with E-state index in [9.17, 15) is 30.5 Å². The first kappa shape index (κ1) is 42.3. The number of hydrogen-bond acceptors (Lipinski definition) is 14. The van der Waals surface area contributed by atoms with Crippen molar-refractivity contribution in [2.24, 2.45) is 28.9 Å². The number of nitrogens with zero attached hydrogens (tertiary/aromatic N) is 6. The van der Waals surface area contributed by atoms with E-state index in [1.165, 1.54) is 6.42 Å². The molecular weight excluding hydrogens is 710 g/mol. The molecule has 5 aliphatic carbocycles. The van der Waals surface area contributed by atoms with Crippen LogP contribution in [0.4, 0.5) is 0 Å². The van der Waals surface area contributed by atoms with Gasteiger partial charge in [0.25, 0.3) is 0 Å². The van der Waals surface area contributed by atoms with Gasteiger partial charge in [-0.15, -0.1) is 5.10 Å². The zero-order valence-electron chi connectivity index (χ0n) is 32.5. The zero-order valence-corrected chi connectivity index (χ0v) is 32.5. The third kappa shape index (κ3) is 10.2. The van der Waals surface area contributed by atoms with Crippen molar-refractivity contribution in [1.29, 1.82) is 5.26 Å². The fourth-order valence-corrected chi connectivity index (χ4v) is 10.6. The van der Waals surface area contributed by atoms with Crippen LogP contribution in [0.2, 0.25) is 0 Å². The fourth-order valence-electron chi connectivity index (χ4n) is 10.6. The Hall–Kier alpha value is -2.30. The van der Waals surface area contributed by atoms with E-state index >= 15 is 0 Å². The van der Waals surface area contributed by atoms with E-state index in [1.54, 1.807) is 4.68 Å². The molecule has 1 saturated heterocycles. The van der Waals surface area contributed by atoms with Gasteiger partial charge in [-0.1, -0.05) is 31.4 Å². The van der Waals surface area contributed by atoms with Gasteiger partial charge in [-0.3, -0.25) is 9.69 Å². The Labute approximate surface area is 324 Å². The van der Waals surface area contributed by atoms with Gasteiger partial charge in [0.15, 0.2) is 0 Å². The fraction of sp³-hybridized carbons (Fsp3) is 0.897. The molecule has 7 rings (SSSR count). The Balaban J connectivity index is 0.879. The molecule has 0 aromatic carbocycles. The topological polar surface area (TPSA) is 233 Å². The second kappa shape index (κ2) is 19.0. The highest BCUT2D eigenvalue weighted by Gasteiger charge is 2.63. The van der Waals surface area contributed by atoms with E-state index in [2.05, 4.69) is 23.3 Å². The number of rotatable bonds is 25. The number of carbonyl (C=O) groups is 1. The van der Waals surface area contributed by atoms with Crippen molar-refractivity contribution in [2.75, 3.05) is 52.7 Å². The first-order chi connectivity index (χ1) is 26.5. The lowest BCUT2D eigenvalue weighted by Gasteiger charge is -2.63. The first-order valence-electron chi connectivity index (χ1n) is 20.7. The van der Waals surface area contributed by atoms with Gasteiger partial charge in [-0.2, -0.15) is 5.26 Å². The van der Waals surface area contributed by atoms with Gasteiger partial charge in [0.05, 0.1) is 75.7 Å². The molecule has 0 spiro atoms. The number of nitriles is 1. The Bertz CT molecular complexity index is 1410. The maximum absolute atomic E-state index is 13.8. The van der Waals surface area contributed by atoms with Gasteiger partial charge < -0.3 is 50.4 Å². The summed E-state index contributed by atoms with van der Waals surface area (Å²) in [7, 11) is 0. The number of aliphatic hydroxyl groups is 5. The summed E-state index contributed by atoms with van der Waals surface area (Å²) in [4.78, 5) is 17.5. The normalized spacial score (nSPS) is 32.0. The summed E-state index contributed by atoms with van der Waals surface area (Å²) in [5, 5.41) is 67.9. The summed E-state index contributed by atoms with van der Waals surface area (Å²) < 4.78 is 20.0. The number of aromatic nitrogens is 3. The van der Waals surface area contributed by atoms with Gasteiger partial charge in [-0.05, 0) is 87.5 Å². The van der Waals surface area contributed by atoms with Crippen molar-refractivity contribution in [1.82, 2.24) is 24.8 Å². The van der Waals surface area contributed by atoms with Crippen LogP contribution in [0.1, 0.15) is 89.7 Å². The van der Waals surface area contributed by atoms with Gasteiger partial charge in [-0.25, -0.2) is 4.68 Å². The summed E-state index contributed by atoms with van der Waals surface area (Å²) in [6, 6.07) is 1.64. The van der Waals surface area contributed by atoms with E-state index in [-0.39, 0.29) is 35.6 Å². The molecule has 1 aliphatic heterocycles. The molecule has 1 aromatic rings. The lowest BCUT2D eigenvalue weighted by atomic mass is 9.46. The second-order valence-corrected chi connectivity index (χ2v) is 17.3. The van der Waals surface area contributed by atoms with Crippen molar-refractivity contribution < 1.29 is 44.5 Å². The number of ether oxygens (including phenoxy) is 3. The van der Waals surface area contributed by atoms with E-state index in [0.29, 0.717) is 76.1 Å². The number of carbonyl (C=O) groups excluding carboxylic acids is 1. The number of hydrogen-bond donors (Lipinski definition) is 6. The molecule has 1 aromatic heterocycles. The van der Waals surface area contributed by atoms with Gasteiger partial charge in [0, 0.05) is 25.3 Å². The largest absolute Gasteiger partial charge is 0.394 e. The molecule has 310 valence electrons. The molecule has 16 nitrogen and oxygen atoms in total. The Morgan fingerprint density at radius 1 is 1.00 bits per heavy atom. The molecule has 0 radical (unpaired) electrons. The Morgan fingerprint density at radius 3 is 2.42 bits per heavy atom. The van der Waals surface area contributed by atoms with Crippen LogP contribution in [-0.2, 0) is 32.1 Å². The number of likely N-dealkylation sites (tertiary alicyclic amines) is 1. The molecule has 2 heterocycles. The minimum absolute atomic E-state index is 0.0227. The molecule has 55 heavy (non-hydrogen) atoms. The molecule has 4 bridgehead atoms. The van der Waals surface area contributed by atoms with Gasteiger partial charge >= 0.3 is 0 Å². The highest BCUT2D eigenvalue weighted by molar-refractivity contribution is 5.84. The Kier molecular flexibility index (Phi) is 14.6. The summed E-state index contributed by atoms with van der Waals surface area (Å²) in [5.41, 5.74) is 7.03. The standard InChI is InChI=1S/C39H65N7O9/c1-2-3-4-5-6-44(23-32(48)34(50)35(51)33(49)24-47)21-29-22-45(43-42-29)7-8-53-9-10-54-11-12-55-39-18-26-13-27(19-39)17-38(16-26,25-39)36(41)37(52)46-30(20-40)14-28-15-31(28)46/h22,26-28,30-36,47-51H,2-19,21,23-25,41H2,1H3/t26?,27?,28-,30+,31+,32+,33-,34-,35-,36-,38?,39?/m1/s1. The maximum atomic E-state index is 13.8. The molecule has 6 aliphatic rings. The Morgan fingerprint density at radius 2 is 1.71 bits per heavy atom. The van der Waals surface area contributed by atoms with E-state index in [0.717, 1.165) is 70.6 Å². The summed E-state index contributed by atoms with van der Waals surface area (Å²) in [5.74, 6) is 1.49. The number of amides is 1. The molecule has 2 unspecified atom stereocenters. The van der Waals surface area contributed by atoms with Crippen LogP contribution < -0.4 is 5.73 Å². The second-order valence-electron chi connectivity index (χ2n) is 17.3. The van der Waals surface area contributed by atoms with Crippen LogP contribution in [0.5, 0.6) is 0 Å². The van der Waals surface area contributed by atoms with Crippen LogP contribution in [-0.4, -0.2) is 157 Å². The number of aliphatic hydroxyl groups excluding tert-OH is 5. The first-order valence-corrected chi connectivity index (χ1v) is 20.7. The zero-order chi connectivity index (χ0) is 39.2. The van der Waals surface area contributed by atoms with Crippen LogP contribution >= 0.6 is 0 Å². The van der Waals surface area contributed by atoms with E-state index in [1.807, 2.05) is 16.0 Å². The van der Waals surface area contributed by atoms with Gasteiger partial charge in [0.2, 0.25) is 5.91 Å². The van der Waals surface area contributed by atoms with Crippen LogP contribution in [0.25, 0.3) is 0 Å². The van der Waals surface area contributed by atoms with E-state index < -0.39 is 37.1 Å². The lowest BCUT2D eigenvalue weighted by molar-refractivity contribution is -0.204. The average molecular weight is 776 g/mol. The maximum Gasteiger partial charge on any atom is 0.241 e. The molecule has 1 amide bonds. The predicted octanol–water partition coefficient (Wildman–Crippen LogP) is 0.325. The third-order valence-corrected chi connectivity index (χ3v) is 13.0. The lowest BCUT2D eigenvalue weighted by Crippen LogP contribution is -2.65. The number of fused-ring (bicyclic) bond motifs is 1. The van der Waals surface area contributed by atoms with Gasteiger partial charge in [0.1, 0.15) is 24.4 Å². The quantitative estimate of drug-likeness (QED) is 0.0736. The number of unbranched alkanes of at least 4 members (excludes halogenated alkanes) is 3. The molecule has 6 fully saturated rings. The van der Waals surface area contributed by atoms with Crippen molar-refractivity contribution in [3.63, 3.8) is 0 Å². The summed E-state index contributed by atoms with van der Waals surface area (Å²) in [6.07, 6.45) is 7.46. The summed E-state index contributed by atoms with van der Waals surface area (Å²) in [6.45, 7) is 5.15. The minimum Gasteiger partial charge on any atom is -0.394 e. The smallest absolute Gasteiger partial charge is 0.241 e. The monoisotopic (exact) mass is 775 g/mol. The van der Waals surface area contributed by atoms with E-state index in [4.69, 9.17) is 25.1 Å². The number of piperidine rings is 1.